The van der Waals surface area contributed by atoms with Crippen LogP contribution in [0.5, 0.6) is 0 Å². The summed E-state index contributed by atoms with van der Waals surface area (Å²) < 4.78 is 4.67. The van der Waals surface area contributed by atoms with Crippen LogP contribution in [0, 0.1) is 6.92 Å². The average molecular weight is 304 g/mol. The molecule has 0 aromatic heterocycles. The number of hydrogen-bond acceptors (Lipinski definition) is 3. The fraction of sp³-hybridized carbons (Fsp3) is 0.125. The number of carbonyl (C=O) groups excluding carboxylic acids is 2. The SMILES string of the molecule is COC(=O)c1ccc(C)c(NC(=O)c2ccc(Cl)cc2)c1. The fourth-order valence-electron chi connectivity index (χ4n) is 1.80. The molecule has 2 aromatic rings. The molecule has 0 heterocycles. The Hall–Kier alpha value is -2.33. The Kier molecular flexibility index (Phi) is 4.60. The monoisotopic (exact) mass is 303 g/mol. The van der Waals surface area contributed by atoms with Crippen molar-refractivity contribution in [2.75, 3.05) is 12.4 Å². The molecule has 0 fully saturated rings. The molecular weight excluding hydrogens is 290 g/mol. The van der Waals surface area contributed by atoms with E-state index in [4.69, 9.17) is 11.6 Å². The van der Waals surface area contributed by atoms with Crippen LogP contribution in [0.1, 0.15) is 26.3 Å². The maximum Gasteiger partial charge on any atom is 0.337 e. The zero-order chi connectivity index (χ0) is 15.4. The zero-order valence-corrected chi connectivity index (χ0v) is 12.4. The van der Waals surface area contributed by atoms with E-state index < -0.39 is 5.97 Å². The molecule has 0 unspecified atom stereocenters. The van der Waals surface area contributed by atoms with Crippen LogP contribution in [0.15, 0.2) is 42.5 Å². The second kappa shape index (κ2) is 6.41. The second-order valence-corrected chi connectivity index (χ2v) is 4.92. The first-order valence-electron chi connectivity index (χ1n) is 6.27. The minimum Gasteiger partial charge on any atom is -0.465 e. The van der Waals surface area contributed by atoms with Crippen molar-refractivity contribution in [2.45, 2.75) is 6.92 Å². The fourth-order valence-corrected chi connectivity index (χ4v) is 1.92. The lowest BCUT2D eigenvalue weighted by atomic mass is 10.1. The topological polar surface area (TPSA) is 55.4 Å². The van der Waals surface area contributed by atoms with Gasteiger partial charge in [0.15, 0.2) is 0 Å². The third-order valence-electron chi connectivity index (χ3n) is 3.01. The molecule has 2 rings (SSSR count). The number of carbonyl (C=O) groups is 2. The maximum absolute atomic E-state index is 12.2. The Labute approximate surface area is 127 Å². The first-order valence-corrected chi connectivity index (χ1v) is 6.65. The number of aryl methyl sites for hydroxylation is 1. The van der Waals surface area contributed by atoms with Gasteiger partial charge in [-0.2, -0.15) is 0 Å². The maximum atomic E-state index is 12.2. The van der Waals surface area contributed by atoms with Gasteiger partial charge in [0.25, 0.3) is 5.91 Å². The van der Waals surface area contributed by atoms with Crippen LogP contribution in [-0.2, 0) is 4.74 Å². The number of rotatable bonds is 3. The van der Waals surface area contributed by atoms with E-state index in [-0.39, 0.29) is 5.91 Å². The number of ether oxygens (including phenoxy) is 1. The molecule has 1 amide bonds. The Morgan fingerprint density at radius 2 is 1.67 bits per heavy atom. The molecule has 0 aliphatic rings. The van der Waals surface area contributed by atoms with Crippen LogP contribution in [0.25, 0.3) is 0 Å². The number of hydrogen-bond donors (Lipinski definition) is 1. The summed E-state index contributed by atoms with van der Waals surface area (Å²) in [4.78, 5) is 23.7. The van der Waals surface area contributed by atoms with E-state index in [2.05, 4.69) is 10.1 Å². The van der Waals surface area contributed by atoms with Gasteiger partial charge >= 0.3 is 5.97 Å². The predicted octanol–water partition coefficient (Wildman–Crippen LogP) is 3.69. The van der Waals surface area contributed by atoms with E-state index in [1.54, 1.807) is 42.5 Å². The minimum absolute atomic E-state index is 0.267. The van der Waals surface area contributed by atoms with Crippen molar-refractivity contribution in [1.29, 1.82) is 0 Å². The summed E-state index contributed by atoms with van der Waals surface area (Å²) in [5, 5.41) is 3.34. The lowest BCUT2D eigenvalue weighted by Crippen LogP contribution is -2.13. The van der Waals surface area contributed by atoms with Gasteiger partial charge in [0.1, 0.15) is 0 Å². The normalized spacial score (nSPS) is 10.0. The van der Waals surface area contributed by atoms with E-state index in [0.717, 1.165) is 5.56 Å². The van der Waals surface area contributed by atoms with Gasteiger partial charge in [-0.1, -0.05) is 17.7 Å². The first kappa shape index (κ1) is 15.1. The summed E-state index contributed by atoms with van der Waals surface area (Å²) in [7, 11) is 1.31. The van der Waals surface area contributed by atoms with E-state index in [0.29, 0.717) is 21.8 Å². The number of methoxy groups -OCH3 is 1. The Morgan fingerprint density at radius 3 is 2.29 bits per heavy atom. The molecular formula is C16H14ClNO3. The van der Waals surface area contributed by atoms with Gasteiger partial charge in [-0.15, -0.1) is 0 Å². The molecule has 0 bridgehead atoms. The molecule has 108 valence electrons. The van der Waals surface area contributed by atoms with E-state index in [1.165, 1.54) is 7.11 Å². The number of anilines is 1. The van der Waals surface area contributed by atoms with Crippen molar-refractivity contribution in [3.8, 4) is 0 Å². The molecule has 5 heteroatoms. The lowest BCUT2D eigenvalue weighted by molar-refractivity contribution is 0.0600. The minimum atomic E-state index is -0.447. The standard InChI is InChI=1S/C16H14ClNO3/c1-10-3-4-12(16(20)21-2)9-14(10)18-15(19)11-5-7-13(17)8-6-11/h3-9H,1-2H3,(H,18,19). The summed E-state index contributed by atoms with van der Waals surface area (Å²) in [5.74, 6) is -0.714. The average Bonchev–Trinajstić information content (AvgIpc) is 2.49. The van der Waals surface area contributed by atoms with Crippen molar-refractivity contribution in [2.24, 2.45) is 0 Å². The van der Waals surface area contributed by atoms with E-state index >= 15 is 0 Å². The highest BCUT2D eigenvalue weighted by Crippen LogP contribution is 2.19. The van der Waals surface area contributed by atoms with Gasteiger partial charge in [-0.25, -0.2) is 4.79 Å². The zero-order valence-electron chi connectivity index (χ0n) is 11.6. The van der Waals surface area contributed by atoms with Crippen molar-refractivity contribution < 1.29 is 14.3 Å². The largest absolute Gasteiger partial charge is 0.465 e. The second-order valence-electron chi connectivity index (χ2n) is 4.48. The van der Waals surface area contributed by atoms with Crippen LogP contribution < -0.4 is 5.32 Å². The molecule has 0 saturated carbocycles. The molecule has 21 heavy (non-hydrogen) atoms. The van der Waals surface area contributed by atoms with Crippen LogP contribution in [0.2, 0.25) is 5.02 Å². The first-order chi connectivity index (χ1) is 10.0. The molecule has 0 spiro atoms. The molecule has 0 aliphatic carbocycles. The quantitative estimate of drug-likeness (QED) is 0.880. The molecule has 0 aliphatic heterocycles. The Morgan fingerprint density at radius 1 is 1.05 bits per heavy atom. The lowest BCUT2D eigenvalue weighted by Gasteiger charge is -2.10. The summed E-state index contributed by atoms with van der Waals surface area (Å²) in [5.41, 5.74) is 2.29. The van der Waals surface area contributed by atoms with Crippen molar-refractivity contribution in [3.63, 3.8) is 0 Å². The summed E-state index contributed by atoms with van der Waals surface area (Å²) in [6.45, 7) is 1.85. The molecule has 4 nitrogen and oxygen atoms in total. The van der Waals surface area contributed by atoms with Crippen molar-refractivity contribution in [1.82, 2.24) is 0 Å². The Balaban J connectivity index is 2.24. The van der Waals surface area contributed by atoms with Crippen LogP contribution >= 0.6 is 11.6 Å². The van der Waals surface area contributed by atoms with E-state index in [1.807, 2.05) is 6.92 Å². The third kappa shape index (κ3) is 3.61. The van der Waals surface area contributed by atoms with Gasteiger partial charge in [-0.3, -0.25) is 4.79 Å². The molecule has 0 radical (unpaired) electrons. The third-order valence-corrected chi connectivity index (χ3v) is 3.27. The van der Waals surface area contributed by atoms with E-state index in [9.17, 15) is 9.59 Å². The van der Waals surface area contributed by atoms with Gasteiger partial charge < -0.3 is 10.1 Å². The summed E-state index contributed by atoms with van der Waals surface area (Å²) in [6.07, 6.45) is 0. The van der Waals surface area contributed by atoms with Gasteiger partial charge in [-0.05, 0) is 48.9 Å². The van der Waals surface area contributed by atoms with Gasteiger partial charge in [0.2, 0.25) is 0 Å². The summed E-state index contributed by atoms with van der Waals surface area (Å²) in [6, 6.07) is 11.6. The van der Waals surface area contributed by atoms with Gasteiger partial charge in [0.05, 0.1) is 12.7 Å². The van der Waals surface area contributed by atoms with Crippen molar-refractivity contribution >= 4 is 29.2 Å². The number of esters is 1. The van der Waals surface area contributed by atoms with Gasteiger partial charge in [0, 0.05) is 16.3 Å². The van der Waals surface area contributed by atoms with Crippen LogP contribution in [-0.4, -0.2) is 19.0 Å². The van der Waals surface area contributed by atoms with Crippen LogP contribution in [0.3, 0.4) is 0 Å². The van der Waals surface area contributed by atoms with Crippen molar-refractivity contribution in [3.05, 3.63) is 64.2 Å². The Bertz CT molecular complexity index is 680. The molecule has 0 saturated heterocycles. The number of amides is 1. The highest BCUT2D eigenvalue weighted by atomic mass is 35.5. The molecule has 2 aromatic carbocycles. The molecule has 0 atom stereocenters. The smallest absolute Gasteiger partial charge is 0.337 e. The molecule has 1 N–H and O–H groups in total. The highest BCUT2D eigenvalue weighted by Gasteiger charge is 2.11. The number of halogens is 1. The summed E-state index contributed by atoms with van der Waals surface area (Å²) >= 11 is 5.79. The number of benzene rings is 2. The highest BCUT2D eigenvalue weighted by molar-refractivity contribution is 6.30. The predicted molar refractivity (Wildman–Crippen MR) is 81.9 cm³/mol. The number of nitrogens with one attached hydrogen (secondary N) is 1. The van der Waals surface area contributed by atoms with Crippen LogP contribution in [0.4, 0.5) is 5.69 Å².